The number of nitrogens with one attached hydrogen (secondary N) is 1. The molecule has 6 nitrogen and oxygen atoms in total. The molecule has 2 heterocycles. The van der Waals surface area contributed by atoms with Crippen molar-refractivity contribution in [3.05, 3.63) is 52.7 Å². The first-order valence-corrected chi connectivity index (χ1v) is 8.87. The highest BCUT2D eigenvalue weighted by Gasteiger charge is 2.23. The van der Waals surface area contributed by atoms with Crippen molar-refractivity contribution in [2.75, 3.05) is 23.3 Å². The fraction of sp³-hybridized carbons (Fsp3) is 0.316. The minimum absolute atomic E-state index is 0.0801. The zero-order valence-corrected chi connectivity index (χ0v) is 15.2. The van der Waals surface area contributed by atoms with Crippen LogP contribution in [0.4, 0.5) is 11.5 Å². The highest BCUT2D eigenvalue weighted by atomic mass is 35.5. The van der Waals surface area contributed by atoms with E-state index >= 15 is 0 Å². The van der Waals surface area contributed by atoms with Crippen molar-refractivity contribution in [3.8, 4) is 0 Å². The quantitative estimate of drug-likeness (QED) is 0.848. The van der Waals surface area contributed by atoms with Crippen LogP contribution < -0.4 is 10.2 Å². The van der Waals surface area contributed by atoms with E-state index in [4.69, 9.17) is 11.6 Å². The number of amides is 1. The number of hydrogen-bond donors (Lipinski definition) is 2. The van der Waals surface area contributed by atoms with Crippen LogP contribution in [0.2, 0.25) is 5.02 Å². The van der Waals surface area contributed by atoms with E-state index in [9.17, 15) is 14.7 Å². The van der Waals surface area contributed by atoms with Gasteiger partial charge in [0.05, 0.1) is 22.5 Å². The number of aromatic nitrogens is 1. The molecule has 1 aromatic carbocycles. The number of aromatic carboxylic acids is 1. The molecule has 26 heavy (non-hydrogen) atoms. The van der Waals surface area contributed by atoms with E-state index in [0.717, 1.165) is 25.9 Å². The van der Waals surface area contributed by atoms with Gasteiger partial charge >= 0.3 is 5.97 Å². The van der Waals surface area contributed by atoms with E-state index in [2.05, 4.69) is 17.2 Å². The highest BCUT2D eigenvalue weighted by Crippen LogP contribution is 2.27. The van der Waals surface area contributed by atoms with Gasteiger partial charge in [-0.1, -0.05) is 30.7 Å². The lowest BCUT2D eigenvalue weighted by Gasteiger charge is -2.32. The Balaban J connectivity index is 1.83. The number of carboxylic acid groups (broad SMARTS) is 1. The third kappa shape index (κ3) is 3.96. The molecule has 1 amide bonds. The zero-order valence-electron chi connectivity index (χ0n) is 14.4. The molecule has 1 aromatic heterocycles. The van der Waals surface area contributed by atoms with Gasteiger partial charge in [0.2, 0.25) is 0 Å². The van der Waals surface area contributed by atoms with Crippen LogP contribution >= 0.6 is 11.6 Å². The number of nitrogens with zero attached hydrogens (tertiary/aromatic N) is 2. The van der Waals surface area contributed by atoms with Crippen LogP contribution in [0.5, 0.6) is 0 Å². The van der Waals surface area contributed by atoms with Crippen LogP contribution in [0.1, 0.15) is 40.5 Å². The number of benzene rings is 1. The molecule has 0 spiro atoms. The first-order valence-electron chi connectivity index (χ1n) is 8.50. The van der Waals surface area contributed by atoms with Gasteiger partial charge in [0, 0.05) is 13.1 Å². The topological polar surface area (TPSA) is 82.5 Å². The highest BCUT2D eigenvalue weighted by molar-refractivity contribution is 6.34. The number of carbonyl (C=O) groups is 2. The molecular formula is C19H20ClN3O3. The fourth-order valence-electron chi connectivity index (χ4n) is 3.00. The smallest absolute Gasteiger partial charge is 0.339 e. The van der Waals surface area contributed by atoms with E-state index in [0.29, 0.717) is 28.0 Å². The summed E-state index contributed by atoms with van der Waals surface area (Å²) >= 11 is 6.03. The predicted molar refractivity (Wildman–Crippen MR) is 101 cm³/mol. The molecule has 1 aliphatic heterocycles. The normalized spacial score (nSPS) is 14.9. The van der Waals surface area contributed by atoms with Gasteiger partial charge in [-0.2, -0.15) is 0 Å². The summed E-state index contributed by atoms with van der Waals surface area (Å²) in [4.78, 5) is 30.4. The van der Waals surface area contributed by atoms with E-state index < -0.39 is 11.9 Å². The number of piperidine rings is 1. The van der Waals surface area contributed by atoms with E-state index in [-0.39, 0.29) is 5.56 Å². The van der Waals surface area contributed by atoms with Gasteiger partial charge in [-0.05, 0) is 37.0 Å². The molecule has 1 fully saturated rings. The molecule has 2 aromatic rings. The van der Waals surface area contributed by atoms with Crippen molar-refractivity contribution in [1.82, 2.24) is 4.98 Å². The summed E-state index contributed by atoms with van der Waals surface area (Å²) in [5, 5.41) is 12.6. The van der Waals surface area contributed by atoms with Gasteiger partial charge < -0.3 is 15.3 Å². The first kappa shape index (κ1) is 18.2. The van der Waals surface area contributed by atoms with Gasteiger partial charge in [-0.25, -0.2) is 9.78 Å². The molecule has 1 aliphatic rings. The molecule has 7 heteroatoms. The number of carboxylic acids is 1. The molecule has 0 unspecified atom stereocenters. The Morgan fingerprint density at radius 1 is 1.23 bits per heavy atom. The second-order valence-electron chi connectivity index (χ2n) is 6.50. The van der Waals surface area contributed by atoms with Gasteiger partial charge in [0.25, 0.3) is 5.91 Å². The summed E-state index contributed by atoms with van der Waals surface area (Å²) in [6.45, 7) is 3.75. The molecule has 0 atom stereocenters. The van der Waals surface area contributed by atoms with Crippen molar-refractivity contribution >= 4 is 35.0 Å². The summed E-state index contributed by atoms with van der Waals surface area (Å²) in [6, 6.07) is 8.11. The number of pyridine rings is 1. The maximum atomic E-state index is 12.4. The van der Waals surface area contributed by atoms with Crippen molar-refractivity contribution < 1.29 is 14.7 Å². The monoisotopic (exact) mass is 373 g/mol. The lowest BCUT2D eigenvalue weighted by molar-refractivity contribution is 0.0696. The molecular weight excluding hydrogens is 354 g/mol. The Morgan fingerprint density at radius 2 is 1.92 bits per heavy atom. The van der Waals surface area contributed by atoms with Crippen LogP contribution in [0.25, 0.3) is 0 Å². The van der Waals surface area contributed by atoms with Crippen molar-refractivity contribution in [3.63, 3.8) is 0 Å². The van der Waals surface area contributed by atoms with E-state index in [1.54, 1.807) is 24.3 Å². The van der Waals surface area contributed by atoms with Gasteiger partial charge in [-0.3, -0.25) is 4.79 Å². The van der Waals surface area contributed by atoms with E-state index in [1.807, 2.05) is 4.90 Å². The van der Waals surface area contributed by atoms with Crippen molar-refractivity contribution in [1.29, 1.82) is 0 Å². The number of anilines is 2. The molecule has 0 aliphatic carbocycles. The molecule has 136 valence electrons. The molecule has 2 N–H and O–H groups in total. The Bertz CT molecular complexity index is 833. The van der Waals surface area contributed by atoms with Crippen molar-refractivity contribution in [2.24, 2.45) is 5.92 Å². The second kappa shape index (κ2) is 7.74. The van der Waals surface area contributed by atoms with Gasteiger partial charge in [-0.15, -0.1) is 0 Å². The van der Waals surface area contributed by atoms with E-state index in [1.165, 1.54) is 12.3 Å². The van der Waals surface area contributed by atoms with Gasteiger partial charge in [0.15, 0.2) is 0 Å². The predicted octanol–water partition coefficient (Wildman–Crippen LogP) is 3.92. The molecule has 0 saturated carbocycles. The summed E-state index contributed by atoms with van der Waals surface area (Å²) in [5.74, 6) is -0.401. The Kier molecular flexibility index (Phi) is 5.42. The van der Waals surface area contributed by atoms with Crippen molar-refractivity contribution in [2.45, 2.75) is 19.8 Å². The average Bonchev–Trinajstić information content (AvgIpc) is 2.62. The van der Waals surface area contributed by atoms with Gasteiger partial charge in [0.1, 0.15) is 11.4 Å². The molecule has 0 radical (unpaired) electrons. The zero-order chi connectivity index (χ0) is 18.7. The Hall–Kier alpha value is -2.60. The lowest BCUT2D eigenvalue weighted by Crippen LogP contribution is -2.34. The third-order valence-electron chi connectivity index (χ3n) is 4.56. The summed E-state index contributed by atoms with van der Waals surface area (Å²) in [7, 11) is 0. The number of rotatable bonds is 4. The second-order valence-corrected chi connectivity index (χ2v) is 6.91. The summed E-state index contributed by atoms with van der Waals surface area (Å²) in [6.07, 6.45) is 3.49. The summed E-state index contributed by atoms with van der Waals surface area (Å²) in [5.41, 5.74) is 0.720. The van der Waals surface area contributed by atoms with Crippen LogP contribution in [0.15, 0.2) is 36.5 Å². The number of hydrogen-bond acceptors (Lipinski definition) is 4. The minimum atomic E-state index is -1.07. The first-order chi connectivity index (χ1) is 12.5. The maximum Gasteiger partial charge on any atom is 0.339 e. The average molecular weight is 374 g/mol. The van der Waals surface area contributed by atoms with Crippen LogP contribution in [0, 0.1) is 5.92 Å². The minimum Gasteiger partial charge on any atom is -0.478 e. The number of carbonyl (C=O) groups excluding carboxylic acids is 1. The van der Waals surface area contributed by atoms with Crippen LogP contribution in [-0.4, -0.2) is 35.1 Å². The maximum absolute atomic E-state index is 12.4. The summed E-state index contributed by atoms with van der Waals surface area (Å²) < 4.78 is 0. The SMILES string of the molecule is CC1CCN(c2ncc(NC(=O)c3ccccc3Cl)cc2C(=O)O)CC1. The molecule has 3 rings (SSSR count). The molecule has 1 saturated heterocycles. The fourth-order valence-corrected chi connectivity index (χ4v) is 3.22. The Labute approximate surface area is 156 Å². The Morgan fingerprint density at radius 3 is 2.58 bits per heavy atom. The van der Waals surface area contributed by atoms with Crippen LogP contribution in [0.3, 0.4) is 0 Å². The number of halogens is 1. The lowest BCUT2D eigenvalue weighted by atomic mass is 9.99. The largest absolute Gasteiger partial charge is 0.478 e. The molecule has 0 bridgehead atoms. The third-order valence-corrected chi connectivity index (χ3v) is 4.89. The van der Waals surface area contributed by atoms with Crippen LogP contribution in [-0.2, 0) is 0 Å². The standard InChI is InChI=1S/C19H20ClN3O3/c1-12-6-8-23(9-7-12)17-15(19(25)26)10-13(11-21-17)22-18(24)14-4-2-3-5-16(14)20/h2-5,10-12H,6-9H2,1H3,(H,22,24)(H,25,26).